The summed E-state index contributed by atoms with van der Waals surface area (Å²) in [5, 5.41) is 0. The molecular weight excluding hydrogens is 360 g/mol. The molecule has 92 valence electrons. The van der Waals surface area contributed by atoms with Gasteiger partial charge in [0.1, 0.15) is 11.5 Å². The molecule has 18 heavy (non-hydrogen) atoms. The number of ether oxygens (including phenoxy) is 1. The number of hydrogen-bond donors (Lipinski definition) is 0. The van der Waals surface area contributed by atoms with E-state index in [4.69, 9.17) is 4.74 Å². The molecule has 0 saturated heterocycles. The predicted octanol–water partition coefficient (Wildman–Crippen LogP) is 5.12. The third kappa shape index (κ3) is 3.00. The Morgan fingerprint density at radius 2 is 1.83 bits per heavy atom. The molecule has 2 nitrogen and oxygen atoms in total. The molecule has 0 aliphatic rings. The Kier molecular flexibility index (Phi) is 4.19. The minimum absolute atomic E-state index is 0.519. The summed E-state index contributed by atoms with van der Waals surface area (Å²) in [5.74, 6) is 1.21. The van der Waals surface area contributed by atoms with Gasteiger partial charge in [0.15, 0.2) is 6.29 Å². The maximum atomic E-state index is 11.0. The predicted molar refractivity (Wildman–Crippen MR) is 78.5 cm³/mol. The normalized spacial score (nSPS) is 10.2. The van der Waals surface area contributed by atoms with Crippen LogP contribution in [0.25, 0.3) is 0 Å². The summed E-state index contributed by atoms with van der Waals surface area (Å²) in [6, 6.07) is 11.1. The molecule has 0 saturated carbocycles. The van der Waals surface area contributed by atoms with Gasteiger partial charge >= 0.3 is 0 Å². The average molecular weight is 370 g/mol. The third-order valence-corrected chi connectivity index (χ3v) is 3.52. The number of rotatable bonds is 3. The van der Waals surface area contributed by atoms with Crippen molar-refractivity contribution in [3.8, 4) is 11.5 Å². The molecule has 0 spiro atoms. The molecule has 0 N–H and O–H groups in total. The highest BCUT2D eigenvalue weighted by Gasteiger charge is 2.08. The van der Waals surface area contributed by atoms with E-state index in [0.29, 0.717) is 17.1 Å². The van der Waals surface area contributed by atoms with Crippen LogP contribution in [0.15, 0.2) is 45.3 Å². The number of carbonyl (C=O) groups is 1. The van der Waals surface area contributed by atoms with Crippen LogP contribution in [0.2, 0.25) is 0 Å². The van der Waals surface area contributed by atoms with E-state index in [9.17, 15) is 4.79 Å². The summed E-state index contributed by atoms with van der Waals surface area (Å²) in [6.07, 6.45) is 0.782. The molecule has 2 aromatic carbocycles. The van der Waals surface area contributed by atoms with Crippen LogP contribution in [0, 0.1) is 6.92 Å². The molecule has 0 aliphatic heterocycles. The van der Waals surface area contributed by atoms with Gasteiger partial charge < -0.3 is 4.74 Å². The van der Waals surface area contributed by atoms with Crippen molar-refractivity contribution < 1.29 is 9.53 Å². The van der Waals surface area contributed by atoms with E-state index >= 15 is 0 Å². The zero-order valence-corrected chi connectivity index (χ0v) is 12.8. The van der Waals surface area contributed by atoms with Crippen molar-refractivity contribution in [3.63, 3.8) is 0 Å². The highest BCUT2D eigenvalue weighted by Crippen LogP contribution is 2.33. The number of carbonyl (C=O) groups excluding carboxylic acids is 1. The van der Waals surface area contributed by atoms with Gasteiger partial charge in [-0.25, -0.2) is 0 Å². The Morgan fingerprint density at radius 3 is 2.50 bits per heavy atom. The molecule has 2 rings (SSSR count). The molecule has 2 aromatic rings. The Balaban J connectivity index is 2.39. The minimum atomic E-state index is 0.519. The first-order valence-electron chi connectivity index (χ1n) is 5.29. The second kappa shape index (κ2) is 5.67. The molecule has 0 radical (unpaired) electrons. The molecule has 0 fully saturated rings. The van der Waals surface area contributed by atoms with Crippen LogP contribution in [0.3, 0.4) is 0 Å². The lowest BCUT2D eigenvalue weighted by Crippen LogP contribution is -1.91. The molecule has 4 heteroatoms. The highest BCUT2D eigenvalue weighted by molar-refractivity contribution is 9.10. The molecule has 0 bridgehead atoms. The number of aryl methyl sites for hydroxylation is 1. The van der Waals surface area contributed by atoms with Crippen molar-refractivity contribution in [1.82, 2.24) is 0 Å². The summed E-state index contributed by atoms with van der Waals surface area (Å²) >= 11 is 6.81. The van der Waals surface area contributed by atoms with Gasteiger partial charge in [-0.05, 0) is 58.7 Å². The van der Waals surface area contributed by atoms with Gasteiger partial charge in [-0.3, -0.25) is 4.79 Å². The standard InChI is InChI=1S/C14H10Br2O2/c1-9-2-5-13(12(16)6-9)18-14-7-11(15)4-3-10(14)8-17/h2-8H,1H3. The van der Waals surface area contributed by atoms with Crippen LogP contribution in [0.1, 0.15) is 15.9 Å². The van der Waals surface area contributed by atoms with Crippen LogP contribution in [0.5, 0.6) is 11.5 Å². The summed E-state index contributed by atoms with van der Waals surface area (Å²) in [6.45, 7) is 2.00. The first-order valence-corrected chi connectivity index (χ1v) is 6.87. The van der Waals surface area contributed by atoms with Crippen molar-refractivity contribution in [2.24, 2.45) is 0 Å². The second-order valence-electron chi connectivity index (χ2n) is 3.84. The monoisotopic (exact) mass is 368 g/mol. The number of benzene rings is 2. The van der Waals surface area contributed by atoms with E-state index in [-0.39, 0.29) is 0 Å². The Bertz CT molecular complexity index is 594. The smallest absolute Gasteiger partial charge is 0.153 e. The van der Waals surface area contributed by atoms with Crippen LogP contribution >= 0.6 is 31.9 Å². The van der Waals surface area contributed by atoms with Gasteiger partial charge in [-0.1, -0.05) is 22.0 Å². The van der Waals surface area contributed by atoms with Gasteiger partial charge in [-0.15, -0.1) is 0 Å². The van der Waals surface area contributed by atoms with Crippen molar-refractivity contribution in [2.75, 3.05) is 0 Å². The fraction of sp³-hybridized carbons (Fsp3) is 0.0714. The number of hydrogen-bond acceptors (Lipinski definition) is 2. The Hall–Kier alpha value is -1.13. The molecule has 0 unspecified atom stereocenters. The van der Waals surface area contributed by atoms with E-state index < -0.39 is 0 Å². The first-order chi connectivity index (χ1) is 8.60. The van der Waals surface area contributed by atoms with Crippen molar-refractivity contribution in [2.45, 2.75) is 6.92 Å². The lowest BCUT2D eigenvalue weighted by molar-refractivity contribution is 0.112. The van der Waals surface area contributed by atoms with E-state index in [1.165, 1.54) is 0 Å². The molecular formula is C14H10Br2O2. The van der Waals surface area contributed by atoms with Crippen molar-refractivity contribution >= 4 is 38.1 Å². The van der Waals surface area contributed by atoms with Crippen molar-refractivity contribution in [1.29, 1.82) is 0 Å². The van der Waals surface area contributed by atoms with Crippen LogP contribution < -0.4 is 4.74 Å². The fourth-order valence-electron chi connectivity index (χ4n) is 1.50. The van der Waals surface area contributed by atoms with Gasteiger partial charge in [0.05, 0.1) is 10.0 Å². The lowest BCUT2D eigenvalue weighted by Gasteiger charge is -2.10. The summed E-state index contributed by atoms with van der Waals surface area (Å²) < 4.78 is 7.49. The van der Waals surface area contributed by atoms with Crippen LogP contribution in [0.4, 0.5) is 0 Å². The Labute approximate surface area is 122 Å². The van der Waals surface area contributed by atoms with Crippen LogP contribution in [-0.2, 0) is 0 Å². The number of halogens is 2. The topological polar surface area (TPSA) is 26.3 Å². The summed E-state index contributed by atoms with van der Waals surface area (Å²) in [7, 11) is 0. The molecule has 0 atom stereocenters. The van der Waals surface area contributed by atoms with Gasteiger partial charge in [0.25, 0.3) is 0 Å². The Morgan fingerprint density at radius 1 is 1.06 bits per heavy atom. The average Bonchev–Trinajstić information content (AvgIpc) is 2.33. The van der Waals surface area contributed by atoms with E-state index in [0.717, 1.165) is 20.8 Å². The number of aldehydes is 1. The third-order valence-electron chi connectivity index (χ3n) is 2.41. The molecule has 0 aromatic heterocycles. The maximum absolute atomic E-state index is 11.0. The summed E-state index contributed by atoms with van der Waals surface area (Å²) in [4.78, 5) is 11.0. The van der Waals surface area contributed by atoms with E-state index in [2.05, 4.69) is 31.9 Å². The lowest BCUT2D eigenvalue weighted by atomic mass is 10.2. The minimum Gasteiger partial charge on any atom is -0.455 e. The van der Waals surface area contributed by atoms with E-state index in [1.807, 2.05) is 25.1 Å². The van der Waals surface area contributed by atoms with Gasteiger partial charge in [0.2, 0.25) is 0 Å². The van der Waals surface area contributed by atoms with Crippen LogP contribution in [-0.4, -0.2) is 6.29 Å². The zero-order valence-electron chi connectivity index (χ0n) is 9.61. The SMILES string of the molecule is Cc1ccc(Oc2cc(Br)ccc2C=O)c(Br)c1. The van der Waals surface area contributed by atoms with Crippen molar-refractivity contribution in [3.05, 3.63) is 56.5 Å². The zero-order chi connectivity index (χ0) is 13.1. The molecule has 0 heterocycles. The summed E-state index contributed by atoms with van der Waals surface area (Å²) in [5.41, 5.74) is 1.66. The quantitative estimate of drug-likeness (QED) is 0.701. The molecule has 0 aliphatic carbocycles. The van der Waals surface area contributed by atoms with Gasteiger partial charge in [-0.2, -0.15) is 0 Å². The van der Waals surface area contributed by atoms with Gasteiger partial charge in [0, 0.05) is 4.47 Å². The first kappa shape index (κ1) is 13.3. The van der Waals surface area contributed by atoms with E-state index in [1.54, 1.807) is 18.2 Å². The maximum Gasteiger partial charge on any atom is 0.153 e. The highest BCUT2D eigenvalue weighted by atomic mass is 79.9. The largest absolute Gasteiger partial charge is 0.455 e. The fourth-order valence-corrected chi connectivity index (χ4v) is 2.42. The molecule has 0 amide bonds. The second-order valence-corrected chi connectivity index (χ2v) is 5.61.